The molecule has 1 heterocycles. The van der Waals surface area contributed by atoms with Crippen molar-refractivity contribution in [2.75, 3.05) is 0 Å². The number of fused-ring (bicyclic) bond motifs is 1. The lowest BCUT2D eigenvalue weighted by molar-refractivity contribution is 0.632. The first-order valence-electron chi connectivity index (χ1n) is 6.89. The second-order valence-electron chi connectivity index (χ2n) is 4.94. The van der Waals surface area contributed by atoms with Crippen molar-refractivity contribution in [1.82, 2.24) is 4.98 Å². The summed E-state index contributed by atoms with van der Waals surface area (Å²) >= 11 is 0. The Morgan fingerprint density at radius 3 is 2.59 bits per heavy atom. The van der Waals surface area contributed by atoms with E-state index in [0.29, 0.717) is 0 Å². The van der Waals surface area contributed by atoms with Gasteiger partial charge in [-0.25, -0.2) is 0 Å². The zero-order chi connectivity index (χ0) is 12.1. The first-order valence-corrected chi connectivity index (χ1v) is 6.89. The third-order valence-electron chi connectivity index (χ3n) is 3.56. The van der Waals surface area contributed by atoms with Gasteiger partial charge in [-0.2, -0.15) is 0 Å². The van der Waals surface area contributed by atoms with Gasteiger partial charge in [-0.3, -0.25) is 0 Å². The van der Waals surface area contributed by atoms with E-state index in [0.717, 1.165) is 0 Å². The number of H-pyrrole nitrogens is 1. The van der Waals surface area contributed by atoms with Crippen molar-refractivity contribution in [3.8, 4) is 0 Å². The van der Waals surface area contributed by atoms with Gasteiger partial charge in [-0.1, -0.05) is 50.8 Å². The van der Waals surface area contributed by atoms with E-state index in [1.165, 1.54) is 60.7 Å². The Labute approximate surface area is 104 Å². The molecule has 0 bridgehead atoms. The molecular formula is C16H23N. The molecule has 0 aliphatic heterocycles. The molecule has 0 unspecified atom stereocenters. The first-order chi connectivity index (χ1) is 8.33. The Balaban J connectivity index is 2.00. The predicted molar refractivity (Wildman–Crippen MR) is 75.5 cm³/mol. The number of para-hydroxylation sites is 1. The van der Waals surface area contributed by atoms with Gasteiger partial charge in [0.05, 0.1) is 0 Å². The molecule has 0 aliphatic rings. The predicted octanol–water partition coefficient (Wildman–Crippen LogP) is 4.99. The number of hydrogen-bond donors (Lipinski definition) is 1. The molecule has 1 aromatic carbocycles. The highest BCUT2D eigenvalue weighted by Crippen LogP contribution is 2.23. The van der Waals surface area contributed by atoms with E-state index in [4.69, 9.17) is 0 Å². The molecule has 1 nitrogen and oxygen atoms in total. The van der Waals surface area contributed by atoms with Crippen LogP contribution in [0.4, 0.5) is 0 Å². The molecule has 1 N–H and O–H groups in total. The summed E-state index contributed by atoms with van der Waals surface area (Å²) in [4.78, 5) is 3.48. The number of hydrogen-bond acceptors (Lipinski definition) is 0. The maximum absolute atomic E-state index is 3.48. The number of aryl methyl sites for hydroxylation is 2. The normalized spacial score (nSPS) is 11.2. The maximum atomic E-state index is 3.48. The van der Waals surface area contributed by atoms with Crippen molar-refractivity contribution in [2.45, 2.75) is 52.4 Å². The summed E-state index contributed by atoms with van der Waals surface area (Å²) < 4.78 is 0. The summed E-state index contributed by atoms with van der Waals surface area (Å²) in [6.07, 6.45) is 8.01. The lowest BCUT2D eigenvalue weighted by Crippen LogP contribution is -1.87. The monoisotopic (exact) mass is 229 g/mol. The van der Waals surface area contributed by atoms with E-state index in [1.807, 2.05) is 0 Å². The minimum absolute atomic E-state index is 1.22. The van der Waals surface area contributed by atoms with Crippen molar-refractivity contribution in [3.63, 3.8) is 0 Å². The van der Waals surface area contributed by atoms with Gasteiger partial charge < -0.3 is 4.98 Å². The van der Waals surface area contributed by atoms with E-state index in [-0.39, 0.29) is 0 Å². The second-order valence-corrected chi connectivity index (χ2v) is 4.94. The van der Waals surface area contributed by atoms with Crippen LogP contribution in [0, 0.1) is 6.92 Å². The van der Waals surface area contributed by atoms with Gasteiger partial charge in [0.25, 0.3) is 0 Å². The van der Waals surface area contributed by atoms with Crippen LogP contribution < -0.4 is 0 Å². The number of nitrogens with one attached hydrogen (secondary N) is 1. The van der Waals surface area contributed by atoms with Crippen molar-refractivity contribution in [1.29, 1.82) is 0 Å². The van der Waals surface area contributed by atoms with Gasteiger partial charge in [0.1, 0.15) is 0 Å². The Bertz CT molecular complexity index is 467. The summed E-state index contributed by atoms with van der Waals surface area (Å²) in [5, 5.41) is 1.42. The van der Waals surface area contributed by atoms with Crippen LogP contribution >= 0.6 is 0 Å². The zero-order valence-corrected chi connectivity index (χ0v) is 11.1. The Hall–Kier alpha value is -1.24. The van der Waals surface area contributed by atoms with E-state index in [9.17, 15) is 0 Å². The van der Waals surface area contributed by atoms with Crippen LogP contribution in [0.15, 0.2) is 24.3 Å². The van der Waals surface area contributed by atoms with Crippen LogP contribution in [-0.2, 0) is 6.42 Å². The molecule has 0 saturated carbocycles. The minimum atomic E-state index is 1.22. The standard InChI is InChI=1S/C16H23N/c1-3-4-5-6-7-10-14-13(2)17-16-12-9-8-11-15(14)16/h8-9,11-12,17H,3-7,10H2,1-2H3. The highest BCUT2D eigenvalue weighted by atomic mass is 14.7. The fourth-order valence-electron chi connectivity index (χ4n) is 2.56. The summed E-state index contributed by atoms with van der Waals surface area (Å²) in [7, 11) is 0. The molecule has 92 valence electrons. The van der Waals surface area contributed by atoms with E-state index in [1.54, 1.807) is 0 Å². The highest BCUT2D eigenvalue weighted by molar-refractivity contribution is 5.84. The summed E-state index contributed by atoms with van der Waals surface area (Å²) in [5.41, 5.74) is 4.16. The molecule has 2 rings (SSSR count). The van der Waals surface area contributed by atoms with Gasteiger partial charge in [0.15, 0.2) is 0 Å². The van der Waals surface area contributed by atoms with Crippen LogP contribution in [-0.4, -0.2) is 4.98 Å². The average Bonchev–Trinajstić information content (AvgIpc) is 2.65. The lowest BCUT2D eigenvalue weighted by atomic mass is 10.0. The van der Waals surface area contributed by atoms with Crippen molar-refractivity contribution in [2.24, 2.45) is 0 Å². The topological polar surface area (TPSA) is 15.8 Å². The smallest absolute Gasteiger partial charge is 0.0458 e. The van der Waals surface area contributed by atoms with E-state index >= 15 is 0 Å². The number of aromatic nitrogens is 1. The van der Waals surface area contributed by atoms with Gasteiger partial charge in [0.2, 0.25) is 0 Å². The third kappa shape index (κ3) is 2.91. The third-order valence-corrected chi connectivity index (χ3v) is 3.56. The quantitative estimate of drug-likeness (QED) is 0.672. The van der Waals surface area contributed by atoms with Crippen LogP contribution in [0.2, 0.25) is 0 Å². The van der Waals surface area contributed by atoms with Gasteiger partial charge >= 0.3 is 0 Å². The first kappa shape index (κ1) is 12.2. The molecule has 1 heteroatoms. The molecule has 0 atom stereocenters. The second kappa shape index (κ2) is 5.90. The largest absolute Gasteiger partial charge is 0.358 e. The molecule has 0 radical (unpaired) electrons. The van der Waals surface area contributed by atoms with Gasteiger partial charge in [-0.05, 0) is 31.4 Å². The SMILES string of the molecule is CCCCCCCc1c(C)[nH]c2ccccc12. The fraction of sp³-hybridized carbons (Fsp3) is 0.500. The zero-order valence-electron chi connectivity index (χ0n) is 11.1. The van der Waals surface area contributed by atoms with Crippen LogP contribution in [0.5, 0.6) is 0 Å². The highest BCUT2D eigenvalue weighted by Gasteiger charge is 2.06. The molecule has 0 spiro atoms. The van der Waals surface area contributed by atoms with E-state index in [2.05, 4.69) is 43.1 Å². The molecule has 17 heavy (non-hydrogen) atoms. The van der Waals surface area contributed by atoms with Crippen molar-refractivity contribution < 1.29 is 0 Å². The van der Waals surface area contributed by atoms with Gasteiger partial charge in [0, 0.05) is 16.6 Å². The Kier molecular flexibility index (Phi) is 4.24. The van der Waals surface area contributed by atoms with Gasteiger partial charge in [-0.15, -0.1) is 0 Å². The summed E-state index contributed by atoms with van der Waals surface area (Å²) in [6, 6.07) is 8.64. The number of unbranched alkanes of at least 4 members (excludes halogenated alkanes) is 4. The van der Waals surface area contributed by atoms with Crippen molar-refractivity contribution >= 4 is 10.9 Å². The maximum Gasteiger partial charge on any atom is 0.0458 e. The average molecular weight is 229 g/mol. The molecule has 0 aliphatic carbocycles. The molecular weight excluding hydrogens is 206 g/mol. The molecule has 2 aromatic rings. The van der Waals surface area contributed by atoms with Crippen LogP contribution in [0.1, 0.15) is 50.3 Å². The van der Waals surface area contributed by atoms with Crippen molar-refractivity contribution in [3.05, 3.63) is 35.5 Å². The Morgan fingerprint density at radius 1 is 1.00 bits per heavy atom. The summed E-state index contributed by atoms with van der Waals surface area (Å²) in [6.45, 7) is 4.46. The van der Waals surface area contributed by atoms with Crippen LogP contribution in [0.25, 0.3) is 10.9 Å². The Morgan fingerprint density at radius 2 is 1.76 bits per heavy atom. The number of benzene rings is 1. The molecule has 0 fully saturated rings. The lowest BCUT2D eigenvalue weighted by Gasteiger charge is -2.02. The fourth-order valence-corrected chi connectivity index (χ4v) is 2.56. The number of aromatic amines is 1. The summed E-state index contributed by atoms with van der Waals surface area (Å²) in [5.74, 6) is 0. The molecule has 0 amide bonds. The molecule has 1 aromatic heterocycles. The van der Waals surface area contributed by atoms with E-state index < -0.39 is 0 Å². The molecule has 0 saturated heterocycles. The van der Waals surface area contributed by atoms with Crippen LogP contribution in [0.3, 0.4) is 0 Å². The minimum Gasteiger partial charge on any atom is -0.358 e. The number of rotatable bonds is 6.